The second-order valence-electron chi connectivity index (χ2n) is 6.11. The Morgan fingerprint density at radius 2 is 1.90 bits per heavy atom. The standard InChI is InChI=1S/C16H19NO3/c1-11-15(19)20-13(10-16(2,3)4)17(11)14(18)12-8-6-5-7-9-12/h5-9,13H,1,10H2,2-4H3. The van der Waals surface area contributed by atoms with Crippen molar-refractivity contribution in [2.45, 2.75) is 33.4 Å². The highest BCUT2D eigenvalue weighted by Gasteiger charge is 2.41. The zero-order valence-electron chi connectivity index (χ0n) is 12.1. The van der Waals surface area contributed by atoms with Gasteiger partial charge in [0, 0.05) is 12.0 Å². The first kappa shape index (κ1) is 14.3. The van der Waals surface area contributed by atoms with Gasteiger partial charge in [0.2, 0.25) is 0 Å². The smallest absolute Gasteiger partial charge is 0.356 e. The summed E-state index contributed by atoms with van der Waals surface area (Å²) in [6.07, 6.45) is -0.0150. The van der Waals surface area contributed by atoms with E-state index in [0.717, 1.165) is 0 Å². The maximum absolute atomic E-state index is 12.5. The lowest BCUT2D eigenvalue weighted by Crippen LogP contribution is -2.37. The molecular weight excluding hydrogens is 254 g/mol. The van der Waals surface area contributed by atoms with Gasteiger partial charge in [0.25, 0.3) is 5.91 Å². The van der Waals surface area contributed by atoms with Crippen LogP contribution in [0.3, 0.4) is 0 Å². The largest absolute Gasteiger partial charge is 0.436 e. The highest BCUT2D eigenvalue weighted by atomic mass is 16.6. The van der Waals surface area contributed by atoms with Gasteiger partial charge in [-0.05, 0) is 17.5 Å². The fourth-order valence-corrected chi connectivity index (χ4v) is 2.15. The number of cyclic esters (lactones) is 1. The summed E-state index contributed by atoms with van der Waals surface area (Å²) < 4.78 is 5.27. The average molecular weight is 273 g/mol. The van der Waals surface area contributed by atoms with E-state index >= 15 is 0 Å². The van der Waals surface area contributed by atoms with E-state index in [-0.39, 0.29) is 17.0 Å². The van der Waals surface area contributed by atoms with E-state index in [1.807, 2.05) is 26.8 Å². The van der Waals surface area contributed by atoms with Gasteiger partial charge in [-0.25, -0.2) is 4.79 Å². The minimum Gasteiger partial charge on any atom is -0.436 e. The number of nitrogens with zero attached hydrogens (tertiary/aromatic N) is 1. The minimum absolute atomic E-state index is 0.0647. The molecular formula is C16H19NO3. The van der Waals surface area contributed by atoms with Gasteiger partial charge < -0.3 is 4.74 Å². The Morgan fingerprint density at radius 1 is 1.30 bits per heavy atom. The maximum Gasteiger partial charge on any atom is 0.356 e. The fraction of sp³-hybridized carbons (Fsp3) is 0.375. The van der Waals surface area contributed by atoms with Crippen LogP contribution in [0, 0.1) is 5.41 Å². The van der Waals surface area contributed by atoms with Crippen LogP contribution in [0.4, 0.5) is 0 Å². The number of carbonyl (C=O) groups is 2. The van der Waals surface area contributed by atoms with Crippen LogP contribution in [-0.2, 0) is 9.53 Å². The van der Waals surface area contributed by atoms with E-state index in [0.29, 0.717) is 12.0 Å². The van der Waals surface area contributed by atoms with Gasteiger partial charge >= 0.3 is 5.97 Å². The van der Waals surface area contributed by atoms with Crippen LogP contribution in [-0.4, -0.2) is 23.0 Å². The van der Waals surface area contributed by atoms with Crippen LogP contribution in [0.1, 0.15) is 37.6 Å². The van der Waals surface area contributed by atoms with Gasteiger partial charge in [-0.1, -0.05) is 45.5 Å². The van der Waals surface area contributed by atoms with Gasteiger partial charge in [-0.3, -0.25) is 9.69 Å². The Kier molecular flexibility index (Phi) is 3.66. The molecule has 0 bridgehead atoms. The molecule has 1 fully saturated rings. The van der Waals surface area contributed by atoms with E-state index < -0.39 is 12.2 Å². The Morgan fingerprint density at radius 3 is 2.45 bits per heavy atom. The monoisotopic (exact) mass is 273 g/mol. The van der Waals surface area contributed by atoms with Crippen molar-refractivity contribution in [3.05, 3.63) is 48.2 Å². The molecule has 1 amide bonds. The first-order valence-corrected chi connectivity index (χ1v) is 6.58. The zero-order valence-corrected chi connectivity index (χ0v) is 12.1. The Balaban J connectivity index is 2.28. The normalized spacial score (nSPS) is 19.1. The van der Waals surface area contributed by atoms with Crippen molar-refractivity contribution in [1.29, 1.82) is 0 Å². The molecule has 1 atom stereocenters. The van der Waals surface area contributed by atoms with Crippen molar-refractivity contribution in [2.75, 3.05) is 0 Å². The van der Waals surface area contributed by atoms with Crippen LogP contribution in [0.15, 0.2) is 42.6 Å². The number of hydrogen-bond acceptors (Lipinski definition) is 3. The molecule has 1 saturated heterocycles. The molecule has 1 aliphatic rings. The summed E-state index contributed by atoms with van der Waals surface area (Å²) >= 11 is 0. The van der Waals surface area contributed by atoms with Crippen molar-refractivity contribution in [2.24, 2.45) is 5.41 Å². The Bertz CT molecular complexity index is 543. The van der Waals surface area contributed by atoms with Crippen LogP contribution in [0.2, 0.25) is 0 Å². The second kappa shape index (κ2) is 5.12. The maximum atomic E-state index is 12.5. The average Bonchev–Trinajstić information content (AvgIpc) is 2.63. The number of ether oxygens (including phenoxy) is 1. The molecule has 4 nitrogen and oxygen atoms in total. The van der Waals surface area contributed by atoms with E-state index in [1.54, 1.807) is 24.3 Å². The topological polar surface area (TPSA) is 46.6 Å². The van der Waals surface area contributed by atoms with Gasteiger partial charge in [-0.15, -0.1) is 0 Å². The van der Waals surface area contributed by atoms with Crippen LogP contribution < -0.4 is 0 Å². The molecule has 1 aliphatic heterocycles. The fourth-order valence-electron chi connectivity index (χ4n) is 2.15. The van der Waals surface area contributed by atoms with Crippen molar-refractivity contribution >= 4 is 11.9 Å². The molecule has 0 aliphatic carbocycles. The quantitative estimate of drug-likeness (QED) is 0.615. The van der Waals surface area contributed by atoms with Crippen LogP contribution >= 0.6 is 0 Å². The lowest BCUT2D eigenvalue weighted by molar-refractivity contribution is -0.141. The first-order valence-electron chi connectivity index (χ1n) is 6.58. The van der Waals surface area contributed by atoms with E-state index in [1.165, 1.54) is 4.90 Å². The molecule has 1 heterocycles. The highest BCUT2D eigenvalue weighted by Crippen LogP contribution is 2.31. The number of amides is 1. The van der Waals surface area contributed by atoms with Crippen molar-refractivity contribution in [1.82, 2.24) is 4.90 Å². The summed E-state index contributed by atoms with van der Waals surface area (Å²) in [6.45, 7) is 9.78. The molecule has 20 heavy (non-hydrogen) atoms. The third-order valence-corrected chi connectivity index (χ3v) is 3.08. The summed E-state index contributed by atoms with van der Waals surface area (Å²) in [7, 11) is 0. The highest BCUT2D eigenvalue weighted by molar-refractivity contribution is 6.02. The number of hydrogen-bond donors (Lipinski definition) is 0. The van der Waals surface area contributed by atoms with E-state index in [2.05, 4.69) is 6.58 Å². The van der Waals surface area contributed by atoms with Gasteiger partial charge in [0.05, 0.1) is 0 Å². The zero-order chi connectivity index (χ0) is 14.9. The molecule has 4 heteroatoms. The molecule has 2 rings (SSSR count). The first-order chi connectivity index (χ1) is 9.29. The summed E-state index contributed by atoms with van der Waals surface area (Å²) in [5.41, 5.74) is 0.559. The third-order valence-electron chi connectivity index (χ3n) is 3.08. The predicted octanol–water partition coefficient (Wildman–Crippen LogP) is 2.96. The van der Waals surface area contributed by atoms with Gasteiger partial charge in [0.1, 0.15) is 5.70 Å². The lowest BCUT2D eigenvalue weighted by Gasteiger charge is -2.28. The number of rotatable bonds is 2. The lowest BCUT2D eigenvalue weighted by atomic mass is 9.91. The molecule has 106 valence electrons. The summed E-state index contributed by atoms with van der Waals surface area (Å²) in [5.74, 6) is -0.778. The molecule has 0 saturated carbocycles. The summed E-state index contributed by atoms with van der Waals surface area (Å²) in [5, 5.41) is 0. The van der Waals surface area contributed by atoms with E-state index in [4.69, 9.17) is 4.74 Å². The third kappa shape index (κ3) is 2.90. The van der Waals surface area contributed by atoms with Crippen molar-refractivity contribution < 1.29 is 14.3 Å². The summed E-state index contributed by atoms with van der Waals surface area (Å²) in [4.78, 5) is 25.6. The van der Waals surface area contributed by atoms with Gasteiger partial charge in [0.15, 0.2) is 6.23 Å². The molecule has 1 aromatic rings. The number of carbonyl (C=O) groups excluding carboxylic acids is 2. The van der Waals surface area contributed by atoms with Crippen LogP contribution in [0.5, 0.6) is 0 Å². The summed E-state index contributed by atoms with van der Waals surface area (Å²) in [6, 6.07) is 8.84. The Hall–Kier alpha value is -2.10. The van der Waals surface area contributed by atoms with Crippen molar-refractivity contribution in [3.8, 4) is 0 Å². The minimum atomic E-state index is -0.581. The molecule has 1 unspecified atom stereocenters. The molecule has 0 radical (unpaired) electrons. The molecule has 0 aromatic heterocycles. The molecule has 0 spiro atoms. The Labute approximate surface area is 119 Å². The second-order valence-corrected chi connectivity index (χ2v) is 6.11. The van der Waals surface area contributed by atoms with Gasteiger partial charge in [-0.2, -0.15) is 0 Å². The van der Waals surface area contributed by atoms with Crippen LogP contribution in [0.25, 0.3) is 0 Å². The molecule has 1 aromatic carbocycles. The van der Waals surface area contributed by atoms with E-state index in [9.17, 15) is 9.59 Å². The van der Waals surface area contributed by atoms with Crippen molar-refractivity contribution in [3.63, 3.8) is 0 Å². The predicted molar refractivity (Wildman–Crippen MR) is 75.7 cm³/mol. The SMILES string of the molecule is C=C1C(=O)OC(CC(C)(C)C)N1C(=O)c1ccccc1. The number of benzene rings is 1. The number of esters is 1. The molecule has 0 N–H and O–H groups in total.